The van der Waals surface area contributed by atoms with Crippen molar-refractivity contribution in [3.63, 3.8) is 0 Å². The van der Waals surface area contributed by atoms with E-state index < -0.39 is 0 Å². The van der Waals surface area contributed by atoms with Gasteiger partial charge in [-0.1, -0.05) is 65.2 Å². The van der Waals surface area contributed by atoms with E-state index in [1.807, 2.05) is 11.3 Å². The summed E-state index contributed by atoms with van der Waals surface area (Å²) in [5.41, 5.74) is 3.30. The molecule has 19 heavy (non-hydrogen) atoms. The van der Waals surface area contributed by atoms with Crippen molar-refractivity contribution in [1.82, 2.24) is 0 Å². The van der Waals surface area contributed by atoms with Crippen LogP contribution in [-0.4, -0.2) is 0 Å². The number of unbranched alkanes of at least 4 members (excludes halogenated alkanes) is 8. The average Bonchev–Trinajstić information content (AvgIpc) is 2.86. The molecule has 0 aliphatic carbocycles. The number of aryl methyl sites for hydroxylation is 2. The summed E-state index contributed by atoms with van der Waals surface area (Å²) in [4.78, 5) is 0. The summed E-state index contributed by atoms with van der Waals surface area (Å²) < 4.78 is 0. The smallest absolute Gasteiger partial charge is 0.00584 e. The third-order valence-corrected chi connectivity index (χ3v) is 4.77. The molecule has 1 heteroatoms. The van der Waals surface area contributed by atoms with Gasteiger partial charge in [-0.3, -0.25) is 0 Å². The molecular formula is C18H32S. The lowest BCUT2D eigenvalue weighted by Gasteiger charge is -2.04. The van der Waals surface area contributed by atoms with Gasteiger partial charge in [0.25, 0.3) is 0 Å². The van der Waals surface area contributed by atoms with Crippen LogP contribution in [0.2, 0.25) is 0 Å². The first-order valence-electron chi connectivity index (χ1n) is 8.42. The van der Waals surface area contributed by atoms with Crippen LogP contribution >= 0.6 is 11.3 Å². The summed E-state index contributed by atoms with van der Waals surface area (Å²) in [6.07, 6.45) is 16.6. The molecule has 0 saturated carbocycles. The van der Waals surface area contributed by atoms with Crippen LogP contribution in [0.3, 0.4) is 0 Å². The van der Waals surface area contributed by atoms with Gasteiger partial charge in [-0.25, -0.2) is 0 Å². The van der Waals surface area contributed by atoms with E-state index in [1.165, 1.54) is 77.0 Å². The van der Waals surface area contributed by atoms with Gasteiger partial charge >= 0.3 is 0 Å². The molecule has 1 aromatic heterocycles. The van der Waals surface area contributed by atoms with Crippen molar-refractivity contribution < 1.29 is 0 Å². The molecule has 110 valence electrons. The van der Waals surface area contributed by atoms with Crippen molar-refractivity contribution in [3.8, 4) is 0 Å². The highest BCUT2D eigenvalue weighted by atomic mass is 32.1. The summed E-state index contributed by atoms with van der Waals surface area (Å²) >= 11 is 1.90. The predicted molar refractivity (Wildman–Crippen MR) is 89.2 cm³/mol. The van der Waals surface area contributed by atoms with Crippen LogP contribution in [0, 0.1) is 0 Å². The first kappa shape index (κ1) is 16.8. The summed E-state index contributed by atoms with van der Waals surface area (Å²) in [5.74, 6) is 0. The topological polar surface area (TPSA) is 0 Å². The Labute approximate surface area is 124 Å². The number of hydrogen-bond acceptors (Lipinski definition) is 1. The predicted octanol–water partition coefficient (Wildman–Crippen LogP) is 6.77. The van der Waals surface area contributed by atoms with Gasteiger partial charge in [-0.05, 0) is 47.6 Å². The van der Waals surface area contributed by atoms with Crippen molar-refractivity contribution in [3.05, 3.63) is 21.9 Å². The van der Waals surface area contributed by atoms with Crippen LogP contribution < -0.4 is 0 Å². The molecule has 0 radical (unpaired) electrons. The zero-order chi connectivity index (χ0) is 13.8. The zero-order valence-electron chi connectivity index (χ0n) is 13.0. The minimum absolute atomic E-state index is 1.32. The lowest BCUT2D eigenvalue weighted by Crippen LogP contribution is -1.91. The summed E-state index contributed by atoms with van der Waals surface area (Å²) in [6, 6.07) is 0. The van der Waals surface area contributed by atoms with E-state index in [4.69, 9.17) is 0 Å². The Kier molecular flexibility index (Phi) is 10.2. The molecule has 0 atom stereocenters. The summed E-state index contributed by atoms with van der Waals surface area (Å²) in [6.45, 7) is 4.57. The van der Waals surface area contributed by atoms with Gasteiger partial charge in [-0.15, -0.1) is 0 Å². The second-order valence-electron chi connectivity index (χ2n) is 5.75. The van der Waals surface area contributed by atoms with Crippen molar-refractivity contribution >= 4 is 11.3 Å². The average molecular weight is 281 g/mol. The van der Waals surface area contributed by atoms with Crippen LogP contribution in [0.1, 0.15) is 89.2 Å². The van der Waals surface area contributed by atoms with Crippen LogP contribution in [0.25, 0.3) is 0 Å². The molecule has 0 amide bonds. The van der Waals surface area contributed by atoms with Gasteiger partial charge in [0.2, 0.25) is 0 Å². The van der Waals surface area contributed by atoms with Gasteiger partial charge in [0.15, 0.2) is 0 Å². The molecule has 0 N–H and O–H groups in total. The Morgan fingerprint density at radius 3 is 1.47 bits per heavy atom. The zero-order valence-corrected chi connectivity index (χ0v) is 13.9. The van der Waals surface area contributed by atoms with Gasteiger partial charge in [0, 0.05) is 0 Å². The molecule has 0 aliphatic rings. The number of thiophene rings is 1. The Balaban J connectivity index is 2.15. The Morgan fingerprint density at radius 2 is 1.05 bits per heavy atom. The van der Waals surface area contributed by atoms with E-state index in [1.54, 1.807) is 11.1 Å². The van der Waals surface area contributed by atoms with E-state index in [2.05, 4.69) is 24.6 Å². The second kappa shape index (κ2) is 11.5. The van der Waals surface area contributed by atoms with Gasteiger partial charge in [0.1, 0.15) is 0 Å². The number of rotatable bonds is 12. The van der Waals surface area contributed by atoms with Crippen LogP contribution in [0.15, 0.2) is 10.8 Å². The molecule has 1 aromatic rings. The minimum Gasteiger partial charge on any atom is -0.152 e. The van der Waals surface area contributed by atoms with Crippen molar-refractivity contribution in [1.29, 1.82) is 0 Å². The minimum atomic E-state index is 1.32. The fourth-order valence-corrected chi connectivity index (χ4v) is 3.56. The molecule has 0 saturated heterocycles. The van der Waals surface area contributed by atoms with E-state index in [0.29, 0.717) is 0 Å². The van der Waals surface area contributed by atoms with Gasteiger partial charge in [-0.2, -0.15) is 11.3 Å². The third-order valence-electron chi connectivity index (χ3n) is 3.93. The Hall–Kier alpha value is -0.300. The Morgan fingerprint density at radius 1 is 0.632 bits per heavy atom. The Bertz CT molecular complexity index is 272. The SMILES string of the molecule is CCCCCCCc1cscc1CCCCCCC. The maximum absolute atomic E-state index is 2.39. The molecule has 0 aromatic carbocycles. The summed E-state index contributed by atoms with van der Waals surface area (Å²) in [5, 5.41) is 4.78. The maximum Gasteiger partial charge on any atom is -0.00584 e. The molecule has 0 fully saturated rings. The molecule has 1 rings (SSSR count). The van der Waals surface area contributed by atoms with Gasteiger partial charge < -0.3 is 0 Å². The highest BCUT2D eigenvalue weighted by Crippen LogP contribution is 2.21. The molecule has 1 heterocycles. The number of hydrogen-bond donors (Lipinski definition) is 0. The van der Waals surface area contributed by atoms with Crippen LogP contribution in [-0.2, 0) is 12.8 Å². The molecule has 0 spiro atoms. The first-order chi connectivity index (χ1) is 9.38. The maximum atomic E-state index is 2.39. The van der Waals surface area contributed by atoms with Crippen LogP contribution in [0.5, 0.6) is 0 Å². The molecule has 0 aliphatic heterocycles. The quantitative estimate of drug-likeness (QED) is 0.370. The monoisotopic (exact) mass is 280 g/mol. The van der Waals surface area contributed by atoms with E-state index in [0.717, 1.165) is 0 Å². The fourth-order valence-electron chi connectivity index (χ4n) is 2.63. The van der Waals surface area contributed by atoms with E-state index in [9.17, 15) is 0 Å². The fraction of sp³-hybridized carbons (Fsp3) is 0.778. The molecular weight excluding hydrogens is 248 g/mol. The first-order valence-corrected chi connectivity index (χ1v) is 9.36. The second-order valence-corrected chi connectivity index (χ2v) is 6.49. The normalized spacial score (nSPS) is 11.1. The molecule has 0 unspecified atom stereocenters. The highest BCUT2D eigenvalue weighted by Gasteiger charge is 2.03. The third kappa shape index (κ3) is 7.77. The van der Waals surface area contributed by atoms with Crippen LogP contribution in [0.4, 0.5) is 0 Å². The lowest BCUT2D eigenvalue weighted by molar-refractivity contribution is 0.622. The van der Waals surface area contributed by atoms with Crippen molar-refractivity contribution in [2.24, 2.45) is 0 Å². The van der Waals surface area contributed by atoms with E-state index >= 15 is 0 Å². The van der Waals surface area contributed by atoms with E-state index in [-0.39, 0.29) is 0 Å². The molecule has 0 bridgehead atoms. The standard InChI is InChI=1S/C18H32S/c1-3-5-7-9-11-13-17-15-19-16-18(17)14-12-10-8-6-4-2/h15-16H,3-14H2,1-2H3. The van der Waals surface area contributed by atoms with Gasteiger partial charge in [0.05, 0.1) is 0 Å². The van der Waals surface area contributed by atoms with Crippen molar-refractivity contribution in [2.45, 2.75) is 90.9 Å². The lowest BCUT2D eigenvalue weighted by atomic mass is 10.0. The highest BCUT2D eigenvalue weighted by molar-refractivity contribution is 7.08. The molecule has 0 nitrogen and oxygen atoms in total. The largest absolute Gasteiger partial charge is 0.152 e. The van der Waals surface area contributed by atoms with Crippen molar-refractivity contribution in [2.75, 3.05) is 0 Å². The summed E-state index contributed by atoms with van der Waals surface area (Å²) in [7, 11) is 0.